The molecule has 0 aliphatic carbocycles. The van der Waals surface area contributed by atoms with Crippen LogP contribution in [0.3, 0.4) is 0 Å². The second kappa shape index (κ2) is 7.25. The van der Waals surface area contributed by atoms with Gasteiger partial charge < -0.3 is 9.80 Å². The molecule has 130 valence electrons. The van der Waals surface area contributed by atoms with Crippen molar-refractivity contribution in [3.05, 3.63) is 40.4 Å². The number of piperazine rings is 1. The number of nitrogens with zero attached hydrogens (tertiary/aromatic N) is 2. The van der Waals surface area contributed by atoms with Crippen LogP contribution in [-0.2, 0) is 15.8 Å². The summed E-state index contributed by atoms with van der Waals surface area (Å²) in [7, 11) is 0. The van der Waals surface area contributed by atoms with Crippen LogP contribution in [-0.4, -0.2) is 47.8 Å². The number of carbonyl (C=O) groups is 2. The summed E-state index contributed by atoms with van der Waals surface area (Å²) in [5, 5.41) is -0.383. The average molecular weight is 361 g/mol. The highest BCUT2D eigenvalue weighted by Gasteiger charge is 2.33. The molecule has 1 aliphatic heterocycles. The predicted molar refractivity (Wildman–Crippen MR) is 84.3 cm³/mol. The third-order valence-corrected chi connectivity index (χ3v) is 4.08. The van der Waals surface area contributed by atoms with Crippen molar-refractivity contribution in [3.63, 3.8) is 0 Å². The van der Waals surface area contributed by atoms with Crippen molar-refractivity contribution < 1.29 is 22.8 Å². The number of hydrogen-bond donors (Lipinski definition) is 0. The van der Waals surface area contributed by atoms with Gasteiger partial charge in [0.2, 0.25) is 11.8 Å². The van der Waals surface area contributed by atoms with Gasteiger partial charge >= 0.3 is 6.18 Å². The summed E-state index contributed by atoms with van der Waals surface area (Å²) in [5.74, 6) is -0.347. The van der Waals surface area contributed by atoms with Gasteiger partial charge in [0.1, 0.15) is 0 Å². The number of hydrogen-bond acceptors (Lipinski definition) is 2. The molecule has 0 unspecified atom stereocenters. The van der Waals surface area contributed by atoms with E-state index in [2.05, 4.69) is 0 Å². The fourth-order valence-electron chi connectivity index (χ4n) is 2.38. The molecule has 1 saturated heterocycles. The molecule has 0 saturated carbocycles. The van der Waals surface area contributed by atoms with Gasteiger partial charge in [-0.3, -0.25) is 9.59 Å². The summed E-state index contributed by atoms with van der Waals surface area (Å²) in [6.07, 6.45) is -1.99. The Labute approximate surface area is 142 Å². The van der Waals surface area contributed by atoms with Crippen molar-refractivity contribution in [1.82, 2.24) is 9.80 Å². The summed E-state index contributed by atoms with van der Waals surface area (Å²) >= 11 is 5.55. The molecule has 0 radical (unpaired) electrons. The Balaban J connectivity index is 2.03. The molecule has 1 aliphatic rings. The lowest BCUT2D eigenvalue weighted by atomic mass is 10.1. The molecule has 1 aromatic rings. The van der Waals surface area contributed by atoms with E-state index in [4.69, 9.17) is 11.6 Å². The summed E-state index contributed by atoms with van der Waals surface area (Å²) in [4.78, 5) is 26.5. The fourth-order valence-corrected chi connectivity index (χ4v) is 2.60. The van der Waals surface area contributed by atoms with Crippen LogP contribution in [0.1, 0.15) is 18.1 Å². The minimum atomic E-state index is -4.55. The van der Waals surface area contributed by atoms with E-state index < -0.39 is 11.7 Å². The SMILES string of the molecule is CC(=O)N1CCN(C(=O)/C=C/c2ccc(Cl)c(C(F)(F)F)c2)CC1. The van der Waals surface area contributed by atoms with Crippen LogP contribution in [0.5, 0.6) is 0 Å². The van der Waals surface area contributed by atoms with Crippen LogP contribution in [0.2, 0.25) is 5.02 Å². The van der Waals surface area contributed by atoms with Crippen molar-refractivity contribution in [1.29, 1.82) is 0 Å². The monoisotopic (exact) mass is 360 g/mol. The van der Waals surface area contributed by atoms with Crippen LogP contribution < -0.4 is 0 Å². The molecule has 2 rings (SSSR count). The molecule has 1 fully saturated rings. The maximum absolute atomic E-state index is 12.8. The Bertz CT molecular complexity index is 666. The second-order valence-corrected chi connectivity index (χ2v) is 5.81. The van der Waals surface area contributed by atoms with E-state index in [1.807, 2.05) is 0 Å². The molecule has 24 heavy (non-hydrogen) atoms. The molecule has 2 amide bonds. The van der Waals surface area contributed by atoms with Crippen LogP contribution in [0.25, 0.3) is 6.08 Å². The minimum absolute atomic E-state index is 0.0431. The Morgan fingerprint density at radius 3 is 2.25 bits per heavy atom. The van der Waals surface area contributed by atoms with E-state index in [1.54, 1.807) is 9.80 Å². The highest BCUT2D eigenvalue weighted by atomic mass is 35.5. The Morgan fingerprint density at radius 1 is 1.12 bits per heavy atom. The van der Waals surface area contributed by atoms with Crippen molar-refractivity contribution in [2.24, 2.45) is 0 Å². The number of halogens is 4. The van der Waals surface area contributed by atoms with E-state index in [0.29, 0.717) is 26.2 Å². The van der Waals surface area contributed by atoms with Gasteiger partial charge in [0.15, 0.2) is 0 Å². The predicted octanol–water partition coefficient (Wildman–Crippen LogP) is 3.06. The second-order valence-electron chi connectivity index (χ2n) is 5.40. The maximum atomic E-state index is 12.8. The van der Waals surface area contributed by atoms with Gasteiger partial charge in [0.25, 0.3) is 0 Å². The zero-order valence-electron chi connectivity index (χ0n) is 12.9. The lowest BCUT2D eigenvalue weighted by Gasteiger charge is -2.33. The Morgan fingerprint density at radius 2 is 1.71 bits per heavy atom. The van der Waals surface area contributed by atoms with Gasteiger partial charge in [0.05, 0.1) is 10.6 Å². The van der Waals surface area contributed by atoms with Gasteiger partial charge in [-0.05, 0) is 23.8 Å². The van der Waals surface area contributed by atoms with E-state index in [9.17, 15) is 22.8 Å². The topological polar surface area (TPSA) is 40.6 Å². The maximum Gasteiger partial charge on any atom is 0.417 e. The summed E-state index contributed by atoms with van der Waals surface area (Å²) in [5.41, 5.74) is -0.698. The van der Waals surface area contributed by atoms with E-state index in [0.717, 1.165) is 12.1 Å². The number of alkyl halides is 3. The van der Waals surface area contributed by atoms with Crippen LogP contribution in [0.15, 0.2) is 24.3 Å². The third-order valence-electron chi connectivity index (χ3n) is 3.75. The highest BCUT2D eigenvalue weighted by Crippen LogP contribution is 2.35. The lowest BCUT2D eigenvalue weighted by molar-refractivity contribution is -0.137. The van der Waals surface area contributed by atoms with Crippen molar-refractivity contribution in [2.45, 2.75) is 13.1 Å². The summed E-state index contributed by atoms with van der Waals surface area (Å²) in [6.45, 7) is 3.17. The molecule has 8 heteroatoms. The minimum Gasteiger partial charge on any atom is -0.339 e. The van der Waals surface area contributed by atoms with E-state index in [-0.39, 0.29) is 22.4 Å². The standard InChI is InChI=1S/C16H16ClF3N2O2/c1-11(23)21-6-8-22(9-7-21)15(24)5-3-12-2-4-14(17)13(10-12)16(18,19)20/h2-5,10H,6-9H2,1H3/b5-3+. The molecular formula is C16H16ClF3N2O2. The molecule has 4 nitrogen and oxygen atoms in total. The first kappa shape index (κ1) is 18.3. The fraction of sp³-hybridized carbons (Fsp3) is 0.375. The van der Waals surface area contributed by atoms with E-state index in [1.165, 1.54) is 25.1 Å². The summed E-state index contributed by atoms with van der Waals surface area (Å²) < 4.78 is 38.4. The van der Waals surface area contributed by atoms with Crippen LogP contribution in [0.4, 0.5) is 13.2 Å². The highest BCUT2D eigenvalue weighted by molar-refractivity contribution is 6.31. The van der Waals surface area contributed by atoms with E-state index >= 15 is 0 Å². The van der Waals surface area contributed by atoms with Crippen LogP contribution >= 0.6 is 11.6 Å². The normalized spacial score (nSPS) is 15.9. The molecule has 0 atom stereocenters. The zero-order chi connectivity index (χ0) is 17.9. The van der Waals surface area contributed by atoms with Crippen molar-refractivity contribution >= 4 is 29.5 Å². The first-order valence-electron chi connectivity index (χ1n) is 7.28. The number of rotatable bonds is 2. The zero-order valence-corrected chi connectivity index (χ0v) is 13.7. The van der Waals surface area contributed by atoms with Gasteiger partial charge in [-0.25, -0.2) is 0 Å². The van der Waals surface area contributed by atoms with Crippen molar-refractivity contribution in [3.8, 4) is 0 Å². The number of amides is 2. The molecule has 0 spiro atoms. The van der Waals surface area contributed by atoms with Gasteiger partial charge in [0, 0.05) is 39.2 Å². The molecule has 0 aromatic heterocycles. The number of benzene rings is 1. The van der Waals surface area contributed by atoms with Crippen LogP contribution in [0, 0.1) is 0 Å². The quantitative estimate of drug-likeness (QED) is 0.761. The third kappa shape index (κ3) is 4.50. The van der Waals surface area contributed by atoms with Gasteiger partial charge in [-0.15, -0.1) is 0 Å². The Hall–Kier alpha value is -2.02. The largest absolute Gasteiger partial charge is 0.417 e. The van der Waals surface area contributed by atoms with Gasteiger partial charge in [-0.2, -0.15) is 13.2 Å². The van der Waals surface area contributed by atoms with Crippen molar-refractivity contribution in [2.75, 3.05) is 26.2 Å². The molecular weight excluding hydrogens is 345 g/mol. The molecule has 0 bridgehead atoms. The first-order chi connectivity index (χ1) is 11.2. The Kier molecular flexibility index (Phi) is 5.54. The average Bonchev–Trinajstić information content (AvgIpc) is 2.52. The molecule has 1 heterocycles. The van der Waals surface area contributed by atoms with Gasteiger partial charge in [-0.1, -0.05) is 17.7 Å². The summed E-state index contributed by atoms with van der Waals surface area (Å²) in [6, 6.07) is 3.47. The number of carbonyl (C=O) groups excluding carboxylic acids is 2. The lowest BCUT2D eigenvalue weighted by Crippen LogP contribution is -2.49. The molecule has 1 aromatic carbocycles. The molecule has 0 N–H and O–H groups in total. The smallest absolute Gasteiger partial charge is 0.339 e. The first-order valence-corrected chi connectivity index (χ1v) is 7.65.